The Kier molecular flexibility index (Phi) is 5.28. The number of carbonyl (C=O) groups is 4. The van der Waals surface area contributed by atoms with E-state index in [9.17, 15) is 19.2 Å². The van der Waals surface area contributed by atoms with Crippen molar-refractivity contribution < 1.29 is 24.3 Å². The van der Waals surface area contributed by atoms with Gasteiger partial charge in [0.25, 0.3) is 0 Å². The second-order valence-electron chi connectivity index (χ2n) is 4.33. The third-order valence-electron chi connectivity index (χ3n) is 2.55. The van der Waals surface area contributed by atoms with Gasteiger partial charge < -0.3 is 20.6 Å². The number of carbonyl (C=O) groups excluding carboxylic acids is 3. The van der Waals surface area contributed by atoms with E-state index in [2.05, 4.69) is 10.6 Å². The van der Waals surface area contributed by atoms with Gasteiger partial charge in [-0.15, -0.1) is 0 Å². The lowest BCUT2D eigenvalue weighted by molar-refractivity contribution is -0.144. The van der Waals surface area contributed by atoms with Crippen LogP contribution in [-0.4, -0.2) is 59.4 Å². The number of nitrogens with one attached hydrogen (secondary N) is 2. The third-order valence-corrected chi connectivity index (χ3v) is 2.55. The Morgan fingerprint density at radius 3 is 2.26 bits per heavy atom. The third kappa shape index (κ3) is 5.84. The van der Waals surface area contributed by atoms with E-state index in [0.29, 0.717) is 0 Å². The van der Waals surface area contributed by atoms with Gasteiger partial charge in [-0.25, -0.2) is 0 Å². The molecule has 8 heteroatoms. The Balaban J connectivity index is 2.33. The minimum Gasteiger partial charge on any atom is -0.480 e. The van der Waals surface area contributed by atoms with Crippen molar-refractivity contribution >= 4 is 23.7 Å². The SMILES string of the molecule is CC(=O)NCC(=O)NCC(=O)N(CC(=O)O)C1CC1. The van der Waals surface area contributed by atoms with Crippen molar-refractivity contribution in [3.63, 3.8) is 0 Å². The first-order valence-corrected chi connectivity index (χ1v) is 5.92. The van der Waals surface area contributed by atoms with Gasteiger partial charge in [0.1, 0.15) is 6.54 Å². The van der Waals surface area contributed by atoms with Gasteiger partial charge in [-0.2, -0.15) is 0 Å². The van der Waals surface area contributed by atoms with Crippen LogP contribution in [0.1, 0.15) is 19.8 Å². The summed E-state index contributed by atoms with van der Waals surface area (Å²) in [6, 6.07) is -0.0316. The lowest BCUT2D eigenvalue weighted by Crippen LogP contribution is -2.45. The molecular weight excluding hydrogens is 254 g/mol. The zero-order valence-electron chi connectivity index (χ0n) is 10.6. The van der Waals surface area contributed by atoms with Gasteiger partial charge in [0.05, 0.1) is 13.1 Å². The highest BCUT2D eigenvalue weighted by molar-refractivity contribution is 5.89. The standard InChI is InChI=1S/C11H17N3O5/c1-7(15)12-4-9(16)13-5-10(17)14(6-11(18)19)8-2-3-8/h8H,2-6H2,1H3,(H,12,15)(H,13,16)(H,18,19). The van der Waals surface area contributed by atoms with E-state index in [0.717, 1.165) is 12.8 Å². The summed E-state index contributed by atoms with van der Waals surface area (Å²) in [5.41, 5.74) is 0. The second-order valence-corrected chi connectivity index (χ2v) is 4.33. The Morgan fingerprint density at radius 1 is 1.16 bits per heavy atom. The van der Waals surface area contributed by atoms with Crippen molar-refractivity contribution in [1.82, 2.24) is 15.5 Å². The maximum atomic E-state index is 11.8. The Morgan fingerprint density at radius 2 is 1.79 bits per heavy atom. The molecule has 1 fully saturated rings. The predicted octanol–water partition coefficient (Wildman–Crippen LogP) is -1.69. The minimum atomic E-state index is -1.08. The Labute approximate surface area is 110 Å². The molecule has 0 spiro atoms. The average Bonchev–Trinajstić information content (AvgIpc) is 3.14. The number of amides is 3. The molecule has 1 aliphatic rings. The molecule has 19 heavy (non-hydrogen) atoms. The van der Waals surface area contributed by atoms with Crippen molar-refractivity contribution in [2.24, 2.45) is 0 Å². The molecule has 3 amide bonds. The fraction of sp³-hybridized carbons (Fsp3) is 0.636. The fourth-order valence-corrected chi connectivity index (χ4v) is 1.50. The summed E-state index contributed by atoms with van der Waals surface area (Å²) >= 11 is 0. The lowest BCUT2D eigenvalue weighted by atomic mass is 10.4. The van der Waals surface area contributed by atoms with Crippen molar-refractivity contribution in [2.75, 3.05) is 19.6 Å². The van der Waals surface area contributed by atoms with E-state index in [1.165, 1.54) is 11.8 Å². The summed E-state index contributed by atoms with van der Waals surface area (Å²) in [6.45, 7) is 0.457. The summed E-state index contributed by atoms with van der Waals surface area (Å²) in [7, 11) is 0. The number of rotatable bonds is 7. The van der Waals surface area contributed by atoms with E-state index in [-0.39, 0.29) is 31.6 Å². The van der Waals surface area contributed by atoms with Crippen molar-refractivity contribution in [3.8, 4) is 0 Å². The molecule has 0 aromatic carbocycles. The van der Waals surface area contributed by atoms with Gasteiger partial charge in [0.15, 0.2) is 0 Å². The number of nitrogens with zero attached hydrogens (tertiary/aromatic N) is 1. The fourth-order valence-electron chi connectivity index (χ4n) is 1.50. The van der Waals surface area contributed by atoms with Crippen LogP contribution in [0, 0.1) is 0 Å². The monoisotopic (exact) mass is 271 g/mol. The van der Waals surface area contributed by atoms with Crippen LogP contribution >= 0.6 is 0 Å². The summed E-state index contributed by atoms with van der Waals surface area (Å²) in [6.07, 6.45) is 1.58. The quantitative estimate of drug-likeness (QED) is 0.511. The molecule has 0 bridgehead atoms. The number of carboxylic acids is 1. The summed E-state index contributed by atoms with van der Waals surface area (Å²) in [5, 5.41) is 13.3. The Hall–Kier alpha value is -2.12. The van der Waals surface area contributed by atoms with Gasteiger partial charge in [-0.05, 0) is 12.8 Å². The molecule has 0 heterocycles. The van der Waals surface area contributed by atoms with Crippen molar-refractivity contribution in [1.29, 1.82) is 0 Å². The van der Waals surface area contributed by atoms with Gasteiger partial charge in [0, 0.05) is 13.0 Å². The maximum absolute atomic E-state index is 11.8. The molecule has 0 unspecified atom stereocenters. The number of carboxylic acid groups (broad SMARTS) is 1. The summed E-state index contributed by atoms with van der Waals surface area (Å²) in [4.78, 5) is 45.5. The van der Waals surface area contributed by atoms with Crippen LogP contribution in [-0.2, 0) is 19.2 Å². The summed E-state index contributed by atoms with van der Waals surface area (Å²) in [5.74, 6) is -2.34. The number of aliphatic carboxylic acids is 1. The highest BCUT2D eigenvalue weighted by Crippen LogP contribution is 2.26. The maximum Gasteiger partial charge on any atom is 0.323 e. The zero-order valence-corrected chi connectivity index (χ0v) is 10.6. The molecule has 0 saturated heterocycles. The largest absolute Gasteiger partial charge is 0.480 e. The molecule has 1 saturated carbocycles. The highest BCUT2D eigenvalue weighted by Gasteiger charge is 2.33. The topological polar surface area (TPSA) is 116 Å². The van der Waals surface area contributed by atoms with E-state index >= 15 is 0 Å². The first-order chi connectivity index (χ1) is 8.90. The van der Waals surface area contributed by atoms with Crippen LogP contribution in [0.2, 0.25) is 0 Å². The molecule has 0 aromatic heterocycles. The van der Waals surface area contributed by atoms with E-state index in [1.807, 2.05) is 0 Å². The van der Waals surface area contributed by atoms with Crippen LogP contribution in [0.4, 0.5) is 0 Å². The molecule has 0 atom stereocenters. The van der Waals surface area contributed by atoms with Gasteiger partial charge in [0.2, 0.25) is 17.7 Å². The molecule has 3 N–H and O–H groups in total. The van der Waals surface area contributed by atoms with Gasteiger partial charge in [-0.3, -0.25) is 19.2 Å². The first kappa shape index (κ1) is 14.9. The van der Waals surface area contributed by atoms with Crippen molar-refractivity contribution in [3.05, 3.63) is 0 Å². The molecule has 1 aliphatic carbocycles. The zero-order chi connectivity index (χ0) is 14.4. The lowest BCUT2D eigenvalue weighted by Gasteiger charge is -2.20. The first-order valence-electron chi connectivity index (χ1n) is 5.92. The van der Waals surface area contributed by atoms with Crippen molar-refractivity contribution in [2.45, 2.75) is 25.8 Å². The smallest absolute Gasteiger partial charge is 0.323 e. The van der Waals surface area contributed by atoms with Crippen LogP contribution < -0.4 is 10.6 Å². The number of hydrogen-bond acceptors (Lipinski definition) is 4. The van der Waals surface area contributed by atoms with E-state index in [4.69, 9.17) is 5.11 Å². The van der Waals surface area contributed by atoms with Crippen LogP contribution in [0.3, 0.4) is 0 Å². The van der Waals surface area contributed by atoms with Crippen LogP contribution in [0.5, 0.6) is 0 Å². The highest BCUT2D eigenvalue weighted by atomic mass is 16.4. The van der Waals surface area contributed by atoms with Gasteiger partial charge in [-0.1, -0.05) is 0 Å². The summed E-state index contributed by atoms with van der Waals surface area (Å²) < 4.78 is 0. The van der Waals surface area contributed by atoms with Crippen LogP contribution in [0.25, 0.3) is 0 Å². The molecule has 106 valence electrons. The molecule has 0 aromatic rings. The molecule has 0 aliphatic heterocycles. The predicted molar refractivity (Wildman–Crippen MR) is 64.1 cm³/mol. The minimum absolute atomic E-state index is 0.0316. The van der Waals surface area contributed by atoms with Gasteiger partial charge >= 0.3 is 5.97 Å². The molecular formula is C11H17N3O5. The molecule has 1 rings (SSSR count). The molecule has 0 radical (unpaired) electrons. The van der Waals surface area contributed by atoms with E-state index < -0.39 is 17.8 Å². The van der Waals surface area contributed by atoms with Crippen LogP contribution in [0.15, 0.2) is 0 Å². The van der Waals surface area contributed by atoms with E-state index in [1.54, 1.807) is 0 Å². The Bertz CT molecular complexity index is 392. The number of hydrogen-bond donors (Lipinski definition) is 3. The average molecular weight is 271 g/mol. The normalized spacial score (nSPS) is 13.5. The second kappa shape index (κ2) is 6.72. The molecule has 8 nitrogen and oxygen atoms in total.